The first-order chi connectivity index (χ1) is 25.1. The van der Waals surface area contributed by atoms with Gasteiger partial charge in [0.25, 0.3) is 0 Å². The van der Waals surface area contributed by atoms with Crippen LogP contribution in [0.5, 0.6) is 23.0 Å². The number of phenolic OH excluding ortho intramolecular Hbond substituents is 2. The summed E-state index contributed by atoms with van der Waals surface area (Å²) < 4.78 is 45.1. The Morgan fingerprint density at radius 2 is 1.32 bits per heavy atom. The van der Waals surface area contributed by atoms with Gasteiger partial charge in [-0.1, -0.05) is 0 Å². The van der Waals surface area contributed by atoms with Crippen LogP contribution in [0.2, 0.25) is 0 Å². The Labute approximate surface area is 300 Å². The van der Waals surface area contributed by atoms with E-state index >= 15 is 0 Å². The van der Waals surface area contributed by atoms with Gasteiger partial charge in [-0.3, -0.25) is 4.79 Å². The molecule has 19 heteroatoms. The molecule has 4 heterocycles. The molecule has 0 saturated carbocycles. The molecule has 19 nitrogen and oxygen atoms in total. The molecule has 292 valence electrons. The lowest BCUT2D eigenvalue weighted by Gasteiger charge is -2.46. The molecule has 0 spiro atoms. The lowest BCUT2D eigenvalue weighted by atomic mass is 9.97. The summed E-state index contributed by atoms with van der Waals surface area (Å²) >= 11 is 0. The van der Waals surface area contributed by atoms with E-state index in [4.69, 9.17) is 37.6 Å². The first-order valence-electron chi connectivity index (χ1n) is 16.6. The van der Waals surface area contributed by atoms with Crippen LogP contribution in [0, 0.1) is 0 Å². The summed E-state index contributed by atoms with van der Waals surface area (Å²) in [6.07, 6.45) is -23.9. The number of fused-ring (bicyclic) bond motifs is 1. The maximum absolute atomic E-state index is 13.9. The summed E-state index contributed by atoms with van der Waals surface area (Å²) in [5.41, 5.74) is -0.804. The molecule has 6 rings (SSSR count). The van der Waals surface area contributed by atoms with Crippen LogP contribution in [-0.4, -0.2) is 157 Å². The number of hydrogen-bond donors (Lipinski definition) is 10. The first-order valence-corrected chi connectivity index (χ1v) is 16.6. The average Bonchev–Trinajstić information content (AvgIpc) is 3.13. The smallest absolute Gasteiger partial charge is 0.239 e. The zero-order chi connectivity index (χ0) is 38.5. The molecule has 2 aromatic carbocycles. The van der Waals surface area contributed by atoms with E-state index in [-0.39, 0.29) is 33.8 Å². The highest BCUT2D eigenvalue weighted by Gasteiger charge is 2.51. The third-order valence-corrected chi connectivity index (χ3v) is 9.48. The van der Waals surface area contributed by atoms with Gasteiger partial charge < -0.3 is 88.6 Å². The van der Waals surface area contributed by atoms with E-state index in [1.165, 1.54) is 57.4 Å². The normalized spacial score (nSPS) is 37.8. The van der Waals surface area contributed by atoms with Crippen molar-refractivity contribution >= 4 is 11.0 Å². The molecule has 53 heavy (non-hydrogen) atoms. The number of hydrogen-bond acceptors (Lipinski definition) is 19. The minimum atomic E-state index is -1.96. The number of rotatable bonds is 9. The quantitative estimate of drug-likeness (QED) is 0.110. The number of aromatic hydroxyl groups is 2. The van der Waals surface area contributed by atoms with E-state index in [9.17, 15) is 55.9 Å². The maximum atomic E-state index is 13.9. The number of methoxy groups -OCH3 is 1. The lowest BCUT2D eigenvalue weighted by Crippen LogP contribution is -2.64. The predicted molar refractivity (Wildman–Crippen MR) is 175 cm³/mol. The van der Waals surface area contributed by atoms with E-state index in [1.807, 2.05) is 0 Å². The van der Waals surface area contributed by atoms with Gasteiger partial charge in [0.05, 0.1) is 25.9 Å². The molecular formula is C34H42O19. The first kappa shape index (κ1) is 39.0. The van der Waals surface area contributed by atoms with E-state index in [0.717, 1.165) is 0 Å². The molecule has 0 amide bonds. The maximum Gasteiger partial charge on any atom is 0.239 e. The third kappa shape index (κ3) is 7.54. The predicted octanol–water partition coefficient (Wildman–Crippen LogP) is -2.24. The molecule has 3 aliphatic rings. The number of aliphatic hydroxyl groups is 8. The van der Waals surface area contributed by atoms with Gasteiger partial charge in [-0.2, -0.15) is 0 Å². The van der Waals surface area contributed by atoms with Crippen LogP contribution in [0.3, 0.4) is 0 Å². The Balaban J connectivity index is 1.23. The average molecular weight is 755 g/mol. The Morgan fingerprint density at radius 3 is 2.00 bits per heavy atom. The van der Waals surface area contributed by atoms with Crippen molar-refractivity contribution in [1.29, 1.82) is 0 Å². The van der Waals surface area contributed by atoms with Crippen molar-refractivity contribution in [3.63, 3.8) is 0 Å². The van der Waals surface area contributed by atoms with Gasteiger partial charge in [0.2, 0.25) is 17.5 Å². The van der Waals surface area contributed by atoms with Gasteiger partial charge in [-0.05, 0) is 38.1 Å². The SMILES string of the molecule is COc1cc(O)c2c(=O)c(O[C@@H]3O[C@H](CO[C@@H]4O[C@@H](C)[C@H](O)[C@@H](O[C@@H]5O[C@@H](C)[C@H](O)[C@@H](O)[C@H]5O)[C@H]4O)[C@H](O)[C@H](O)[C@H]3O)c(-c3ccc(O)cc3)oc2c1. The molecule has 15 atom stereocenters. The highest BCUT2D eigenvalue weighted by Crippen LogP contribution is 2.38. The van der Waals surface area contributed by atoms with Gasteiger partial charge >= 0.3 is 0 Å². The lowest BCUT2D eigenvalue weighted by molar-refractivity contribution is -0.358. The summed E-state index contributed by atoms with van der Waals surface area (Å²) in [7, 11) is 1.34. The van der Waals surface area contributed by atoms with Crippen LogP contribution in [0.25, 0.3) is 22.3 Å². The molecule has 3 saturated heterocycles. The highest BCUT2D eigenvalue weighted by atomic mass is 16.7. The van der Waals surface area contributed by atoms with Crippen molar-refractivity contribution in [2.75, 3.05) is 13.7 Å². The van der Waals surface area contributed by atoms with Crippen molar-refractivity contribution in [1.82, 2.24) is 0 Å². The minimum absolute atomic E-state index is 0.102. The van der Waals surface area contributed by atoms with Crippen molar-refractivity contribution in [3.8, 4) is 34.3 Å². The third-order valence-electron chi connectivity index (χ3n) is 9.48. The van der Waals surface area contributed by atoms with E-state index in [0.29, 0.717) is 0 Å². The second kappa shape index (κ2) is 15.6. The topological polar surface area (TPSA) is 297 Å². The molecule has 0 unspecified atom stereocenters. The summed E-state index contributed by atoms with van der Waals surface area (Å²) in [6, 6.07) is 7.93. The Morgan fingerprint density at radius 1 is 0.698 bits per heavy atom. The number of ether oxygens (including phenoxy) is 7. The summed E-state index contributed by atoms with van der Waals surface area (Å²) in [6.45, 7) is 2.19. The van der Waals surface area contributed by atoms with Crippen LogP contribution in [0.1, 0.15) is 13.8 Å². The molecule has 1 aromatic heterocycles. The van der Waals surface area contributed by atoms with Gasteiger partial charge in [0, 0.05) is 17.7 Å². The van der Waals surface area contributed by atoms with Crippen LogP contribution >= 0.6 is 0 Å². The van der Waals surface area contributed by atoms with E-state index in [1.54, 1.807) is 0 Å². The highest BCUT2D eigenvalue weighted by molar-refractivity contribution is 5.88. The van der Waals surface area contributed by atoms with Gasteiger partial charge in [0.1, 0.15) is 89.3 Å². The van der Waals surface area contributed by atoms with Crippen LogP contribution in [0.15, 0.2) is 45.6 Å². The van der Waals surface area contributed by atoms with Crippen molar-refractivity contribution in [2.24, 2.45) is 0 Å². The second-order valence-electron chi connectivity index (χ2n) is 13.1. The zero-order valence-electron chi connectivity index (χ0n) is 28.5. The summed E-state index contributed by atoms with van der Waals surface area (Å²) in [5, 5.41) is 105. The van der Waals surface area contributed by atoms with Crippen LogP contribution in [0.4, 0.5) is 0 Å². The fraction of sp³-hybridized carbons (Fsp3) is 0.559. The molecule has 10 N–H and O–H groups in total. The van der Waals surface area contributed by atoms with E-state index in [2.05, 4.69) is 0 Å². The molecule has 3 aliphatic heterocycles. The molecule has 0 aliphatic carbocycles. The molecule has 0 bridgehead atoms. The summed E-state index contributed by atoms with van der Waals surface area (Å²) in [5.74, 6) is -1.27. The number of phenols is 2. The molecule has 3 aromatic rings. The number of benzene rings is 2. The molecular weight excluding hydrogens is 712 g/mol. The molecule has 0 radical (unpaired) electrons. The van der Waals surface area contributed by atoms with Gasteiger partial charge in [-0.15, -0.1) is 0 Å². The standard InChI is InChI=1S/C34H42O19/c1-11-20(37)24(41)26(43)33(49-11)52-30-21(38)12(2)48-32(28(30)45)47-10-18-22(39)25(42)27(44)34(51-18)53-31-23(40)19-16(36)8-15(46-3)9-17(19)50-29(31)13-4-6-14(35)7-5-13/h4-9,11-12,18,20-22,24-28,30,32-39,41-45H,10H2,1-3H3/t11-,12-,18+,20-,21-,22-,24+,25-,26+,27+,28+,30+,32+,33-,34-/m0/s1. The van der Waals surface area contributed by atoms with Crippen molar-refractivity contribution < 1.29 is 88.6 Å². The van der Waals surface area contributed by atoms with Crippen molar-refractivity contribution in [3.05, 3.63) is 46.6 Å². The molecule has 3 fully saturated rings. The largest absolute Gasteiger partial charge is 0.508 e. The van der Waals surface area contributed by atoms with Crippen LogP contribution < -0.4 is 14.9 Å². The Bertz CT molecular complexity index is 1780. The second-order valence-corrected chi connectivity index (χ2v) is 13.1. The Hall–Kier alpha value is -3.67. The summed E-state index contributed by atoms with van der Waals surface area (Å²) in [4.78, 5) is 13.9. The fourth-order valence-electron chi connectivity index (χ4n) is 6.32. The monoisotopic (exact) mass is 754 g/mol. The fourth-order valence-corrected chi connectivity index (χ4v) is 6.32. The zero-order valence-corrected chi connectivity index (χ0v) is 28.5. The van der Waals surface area contributed by atoms with Gasteiger partial charge in [0.15, 0.2) is 18.3 Å². The van der Waals surface area contributed by atoms with E-state index < -0.39 is 116 Å². The van der Waals surface area contributed by atoms with Gasteiger partial charge in [-0.25, -0.2) is 0 Å². The van der Waals surface area contributed by atoms with Crippen LogP contribution in [-0.2, 0) is 23.7 Å². The van der Waals surface area contributed by atoms with Crippen molar-refractivity contribution in [2.45, 2.75) is 106 Å². The minimum Gasteiger partial charge on any atom is -0.508 e. The number of aliphatic hydroxyl groups excluding tert-OH is 8. The Kier molecular flexibility index (Phi) is 11.5.